The molecule has 5 rings (SSSR count). The number of halogens is 1. The number of ether oxygens (including phenoxy) is 1. The van der Waals surface area contributed by atoms with E-state index in [9.17, 15) is 14.0 Å². The van der Waals surface area contributed by atoms with Crippen molar-refractivity contribution in [3.63, 3.8) is 0 Å². The third-order valence-electron chi connectivity index (χ3n) is 6.80. The predicted octanol–water partition coefficient (Wildman–Crippen LogP) is 5.29. The number of aryl methyl sites for hydroxylation is 1. The molecule has 3 aromatic rings. The van der Waals surface area contributed by atoms with Crippen LogP contribution in [0.4, 0.5) is 15.8 Å². The summed E-state index contributed by atoms with van der Waals surface area (Å²) >= 11 is 0. The molecule has 0 aliphatic carbocycles. The Morgan fingerprint density at radius 2 is 1.64 bits per heavy atom. The van der Waals surface area contributed by atoms with Crippen molar-refractivity contribution in [1.29, 1.82) is 0 Å². The minimum Gasteiger partial charge on any atom is -0.493 e. The van der Waals surface area contributed by atoms with E-state index in [0.29, 0.717) is 29.1 Å². The molecule has 36 heavy (non-hydrogen) atoms. The molecule has 0 radical (unpaired) electrons. The van der Waals surface area contributed by atoms with E-state index in [0.717, 1.165) is 55.8 Å². The topological polar surface area (TPSA) is 70.7 Å². The van der Waals surface area contributed by atoms with Crippen molar-refractivity contribution in [2.24, 2.45) is 0 Å². The van der Waals surface area contributed by atoms with Gasteiger partial charge in [-0.15, -0.1) is 0 Å². The molecule has 1 fully saturated rings. The molecule has 1 saturated heterocycles. The number of hydrogen-bond acceptors (Lipinski definition) is 4. The fraction of sp³-hybridized carbons (Fsp3) is 0.310. The van der Waals surface area contributed by atoms with Crippen molar-refractivity contribution in [1.82, 2.24) is 4.90 Å². The van der Waals surface area contributed by atoms with E-state index >= 15 is 0 Å². The Morgan fingerprint density at radius 3 is 2.44 bits per heavy atom. The first-order chi connectivity index (χ1) is 17.5. The van der Waals surface area contributed by atoms with Gasteiger partial charge < -0.3 is 20.3 Å². The molecule has 0 unspecified atom stereocenters. The van der Waals surface area contributed by atoms with Crippen LogP contribution in [0.2, 0.25) is 0 Å². The van der Waals surface area contributed by atoms with E-state index in [1.807, 2.05) is 18.2 Å². The molecule has 2 heterocycles. The summed E-state index contributed by atoms with van der Waals surface area (Å²) in [6.07, 6.45) is 5.13. The van der Waals surface area contributed by atoms with Crippen molar-refractivity contribution in [2.45, 2.75) is 32.1 Å². The summed E-state index contributed by atoms with van der Waals surface area (Å²) in [6.45, 7) is 3.95. The van der Waals surface area contributed by atoms with Gasteiger partial charge in [-0.25, -0.2) is 4.39 Å². The average Bonchev–Trinajstić information content (AvgIpc) is 3.57. The van der Waals surface area contributed by atoms with Crippen LogP contribution < -0.4 is 15.4 Å². The maximum Gasteiger partial charge on any atom is 0.255 e. The van der Waals surface area contributed by atoms with Crippen LogP contribution in [-0.2, 0) is 12.8 Å². The number of nitrogens with one attached hydrogen (secondary N) is 2. The largest absolute Gasteiger partial charge is 0.493 e. The van der Waals surface area contributed by atoms with Gasteiger partial charge in [-0.05, 0) is 105 Å². The molecular formula is C29H30FN3O3. The second-order valence-corrected chi connectivity index (χ2v) is 9.36. The highest BCUT2D eigenvalue weighted by Crippen LogP contribution is 2.28. The van der Waals surface area contributed by atoms with Crippen LogP contribution >= 0.6 is 0 Å². The molecule has 0 saturated carbocycles. The first kappa shape index (κ1) is 24.0. The zero-order chi connectivity index (χ0) is 24.9. The van der Waals surface area contributed by atoms with Crippen LogP contribution in [0.15, 0.2) is 60.7 Å². The van der Waals surface area contributed by atoms with E-state index in [4.69, 9.17) is 4.74 Å². The smallest absolute Gasteiger partial charge is 0.255 e. The van der Waals surface area contributed by atoms with Gasteiger partial charge in [0.1, 0.15) is 11.6 Å². The molecule has 186 valence electrons. The van der Waals surface area contributed by atoms with E-state index in [2.05, 4.69) is 15.5 Å². The van der Waals surface area contributed by atoms with E-state index < -0.39 is 5.82 Å². The lowest BCUT2D eigenvalue weighted by Gasteiger charge is -2.17. The first-order valence-corrected chi connectivity index (χ1v) is 12.5. The Bertz CT molecular complexity index is 1250. The molecule has 2 N–H and O–H groups in total. The summed E-state index contributed by atoms with van der Waals surface area (Å²) in [7, 11) is 0. The number of anilines is 2. The highest BCUT2D eigenvalue weighted by molar-refractivity contribution is 6.07. The van der Waals surface area contributed by atoms with Gasteiger partial charge in [0.2, 0.25) is 0 Å². The fourth-order valence-corrected chi connectivity index (χ4v) is 4.79. The average molecular weight is 488 g/mol. The predicted molar refractivity (Wildman–Crippen MR) is 138 cm³/mol. The second kappa shape index (κ2) is 10.9. The SMILES string of the molecule is O=C(Nc1ccc(CCCN2CCCC2)c(NC(=O)c2ccc(F)cc2)c1)c1ccc2c(c1)OCC2. The number of rotatable bonds is 8. The molecule has 0 atom stereocenters. The maximum absolute atomic E-state index is 13.3. The highest BCUT2D eigenvalue weighted by Gasteiger charge is 2.17. The van der Waals surface area contributed by atoms with Crippen molar-refractivity contribution in [3.05, 3.63) is 88.7 Å². The number of amides is 2. The van der Waals surface area contributed by atoms with E-state index in [1.165, 1.54) is 37.1 Å². The lowest BCUT2D eigenvalue weighted by atomic mass is 10.0. The van der Waals surface area contributed by atoms with Gasteiger partial charge in [0.15, 0.2) is 0 Å². The van der Waals surface area contributed by atoms with Crippen LogP contribution in [0.5, 0.6) is 5.75 Å². The Kier molecular flexibility index (Phi) is 7.28. The number of carbonyl (C=O) groups is 2. The fourth-order valence-electron chi connectivity index (χ4n) is 4.79. The monoisotopic (exact) mass is 487 g/mol. The number of carbonyl (C=O) groups excluding carboxylic acids is 2. The molecule has 0 spiro atoms. The maximum atomic E-state index is 13.3. The summed E-state index contributed by atoms with van der Waals surface area (Å²) < 4.78 is 18.9. The van der Waals surface area contributed by atoms with Gasteiger partial charge in [-0.2, -0.15) is 0 Å². The molecule has 2 aliphatic rings. The molecule has 7 heteroatoms. The summed E-state index contributed by atoms with van der Waals surface area (Å²) in [6, 6.07) is 16.5. The molecule has 0 aromatic heterocycles. The Morgan fingerprint density at radius 1 is 0.889 bits per heavy atom. The van der Waals surface area contributed by atoms with Gasteiger partial charge >= 0.3 is 0 Å². The molecule has 3 aromatic carbocycles. The van der Waals surface area contributed by atoms with Crippen LogP contribution in [0.25, 0.3) is 0 Å². The zero-order valence-electron chi connectivity index (χ0n) is 20.2. The minimum absolute atomic E-state index is 0.245. The standard InChI is InChI=1S/C29H30FN3O3/c30-24-10-7-22(8-11-24)28(34)32-26-19-25(12-9-20(26)4-3-16-33-14-1-2-15-33)31-29(35)23-6-5-21-13-17-36-27(21)18-23/h5-12,18-19H,1-4,13-17H2,(H,31,35)(H,32,34). The second-order valence-electron chi connectivity index (χ2n) is 9.36. The lowest BCUT2D eigenvalue weighted by Crippen LogP contribution is -2.21. The van der Waals surface area contributed by atoms with Crippen molar-refractivity contribution >= 4 is 23.2 Å². The van der Waals surface area contributed by atoms with Gasteiger partial charge in [0.25, 0.3) is 11.8 Å². The van der Waals surface area contributed by atoms with Gasteiger partial charge in [0, 0.05) is 28.9 Å². The summed E-state index contributed by atoms with van der Waals surface area (Å²) in [5, 5.41) is 5.90. The van der Waals surface area contributed by atoms with Crippen molar-refractivity contribution in [3.8, 4) is 5.75 Å². The third kappa shape index (κ3) is 5.74. The first-order valence-electron chi connectivity index (χ1n) is 12.5. The summed E-state index contributed by atoms with van der Waals surface area (Å²) in [5.74, 6) is -0.208. The van der Waals surface area contributed by atoms with E-state index in [-0.39, 0.29) is 11.8 Å². The Hall–Kier alpha value is -3.71. The van der Waals surface area contributed by atoms with Gasteiger partial charge in [-0.3, -0.25) is 9.59 Å². The number of nitrogens with zero attached hydrogens (tertiary/aromatic N) is 1. The summed E-state index contributed by atoms with van der Waals surface area (Å²) in [4.78, 5) is 28.3. The van der Waals surface area contributed by atoms with Crippen LogP contribution in [0, 0.1) is 5.82 Å². The normalized spacial score (nSPS) is 14.8. The molecule has 0 bridgehead atoms. The molecule has 2 amide bonds. The number of fused-ring (bicyclic) bond motifs is 1. The minimum atomic E-state index is -0.393. The molecular weight excluding hydrogens is 457 g/mol. The zero-order valence-corrected chi connectivity index (χ0v) is 20.2. The van der Waals surface area contributed by atoms with Gasteiger partial charge in [0.05, 0.1) is 6.61 Å². The van der Waals surface area contributed by atoms with Crippen molar-refractivity contribution < 1.29 is 18.7 Å². The van der Waals surface area contributed by atoms with Crippen LogP contribution in [-0.4, -0.2) is 43.0 Å². The lowest BCUT2D eigenvalue weighted by molar-refractivity contribution is 0.101. The van der Waals surface area contributed by atoms with E-state index in [1.54, 1.807) is 18.2 Å². The number of benzene rings is 3. The Balaban J connectivity index is 1.32. The van der Waals surface area contributed by atoms with Crippen molar-refractivity contribution in [2.75, 3.05) is 36.9 Å². The Labute approximate surface area is 210 Å². The summed E-state index contributed by atoms with van der Waals surface area (Å²) in [5.41, 5.74) is 4.21. The third-order valence-corrected chi connectivity index (χ3v) is 6.80. The molecule has 6 nitrogen and oxygen atoms in total. The quantitative estimate of drug-likeness (QED) is 0.453. The number of hydrogen-bond donors (Lipinski definition) is 2. The highest BCUT2D eigenvalue weighted by atomic mass is 19.1. The van der Waals surface area contributed by atoms with Crippen LogP contribution in [0.3, 0.4) is 0 Å². The van der Waals surface area contributed by atoms with Crippen LogP contribution in [0.1, 0.15) is 51.1 Å². The molecule has 2 aliphatic heterocycles. The van der Waals surface area contributed by atoms with Gasteiger partial charge in [-0.1, -0.05) is 12.1 Å². The number of likely N-dealkylation sites (tertiary alicyclic amines) is 1.